The maximum Gasteiger partial charge on any atom is 0.273 e. The predicted molar refractivity (Wildman–Crippen MR) is 81.0 cm³/mol. The van der Waals surface area contributed by atoms with Gasteiger partial charge in [-0.05, 0) is 32.3 Å². The molecule has 2 aromatic rings. The van der Waals surface area contributed by atoms with Gasteiger partial charge in [0.05, 0.1) is 11.0 Å². The summed E-state index contributed by atoms with van der Waals surface area (Å²) in [7, 11) is 0. The molecule has 0 spiro atoms. The number of aromatic nitrogens is 1. The van der Waals surface area contributed by atoms with E-state index in [1.54, 1.807) is 0 Å². The van der Waals surface area contributed by atoms with Gasteiger partial charge in [-0.2, -0.15) is 0 Å². The van der Waals surface area contributed by atoms with Crippen molar-refractivity contribution < 1.29 is 4.79 Å². The Balaban J connectivity index is 1.85. The molecule has 3 rings (SSSR count). The van der Waals surface area contributed by atoms with Crippen LogP contribution >= 0.6 is 11.3 Å². The molecule has 1 aliphatic heterocycles. The van der Waals surface area contributed by atoms with Crippen molar-refractivity contribution in [2.24, 2.45) is 0 Å². The van der Waals surface area contributed by atoms with Crippen LogP contribution in [-0.2, 0) is 0 Å². The van der Waals surface area contributed by atoms with E-state index in [-0.39, 0.29) is 11.9 Å². The zero-order valence-electron chi connectivity index (χ0n) is 11.8. The molecular weight excluding hydrogens is 268 g/mol. The molecular formula is C16H18N2OS. The van der Waals surface area contributed by atoms with Crippen molar-refractivity contribution in [2.75, 3.05) is 6.54 Å². The minimum atomic E-state index is 0.0671. The SMILES string of the molecule is Cc1ccc(C2CCCN2C(=O)c2csc(C)n2)cc1. The second-order valence-electron chi connectivity index (χ2n) is 5.32. The van der Waals surface area contributed by atoms with Gasteiger partial charge in [0.25, 0.3) is 5.91 Å². The summed E-state index contributed by atoms with van der Waals surface area (Å²) in [6, 6.07) is 8.70. The van der Waals surface area contributed by atoms with Crippen molar-refractivity contribution in [3.63, 3.8) is 0 Å². The van der Waals surface area contributed by atoms with E-state index in [4.69, 9.17) is 0 Å². The monoisotopic (exact) mass is 286 g/mol. The van der Waals surface area contributed by atoms with Gasteiger partial charge in [0.2, 0.25) is 0 Å². The number of thiazole rings is 1. The van der Waals surface area contributed by atoms with Crippen molar-refractivity contribution in [2.45, 2.75) is 32.7 Å². The first-order chi connectivity index (χ1) is 9.65. The summed E-state index contributed by atoms with van der Waals surface area (Å²) in [5.74, 6) is 0.0671. The maximum absolute atomic E-state index is 12.6. The number of hydrogen-bond donors (Lipinski definition) is 0. The molecule has 1 atom stereocenters. The zero-order valence-corrected chi connectivity index (χ0v) is 12.6. The highest BCUT2D eigenvalue weighted by atomic mass is 32.1. The van der Waals surface area contributed by atoms with Gasteiger partial charge in [0, 0.05) is 11.9 Å². The topological polar surface area (TPSA) is 33.2 Å². The van der Waals surface area contributed by atoms with Crippen LogP contribution in [0.5, 0.6) is 0 Å². The fraction of sp³-hybridized carbons (Fsp3) is 0.375. The van der Waals surface area contributed by atoms with Crippen LogP contribution in [0.3, 0.4) is 0 Å². The summed E-state index contributed by atoms with van der Waals surface area (Å²) in [5, 5.41) is 2.81. The summed E-state index contributed by atoms with van der Waals surface area (Å²) >= 11 is 1.53. The number of benzene rings is 1. The smallest absolute Gasteiger partial charge is 0.273 e. The molecule has 1 aromatic carbocycles. The summed E-state index contributed by atoms with van der Waals surface area (Å²) in [6.45, 7) is 4.84. The highest BCUT2D eigenvalue weighted by molar-refractivity contribution is 7.09. The fourth-order valence-electron chi connectivity index (χ4n) is 2.75. The van der Waals surface area contributed by atoms with E-state index in [1.165, 1.54) is 22.5 Å². The number of aryl methyl sites for hydroxylation is 2. The van der Waals surface area contributed by atoms with Crippen LogP contribution in [0, 0.1) is 13.8 Å². The number of hydrogen-bond acceptors (Lipinski definition) is 3. The lowest BCUT2D eigenvalue weighted by Gasteiger charge is -2.24. The van der Waals surface area contributed by atoms with Gasteiger partial charge in [-0.15, -0.1) is 11.3 Å². The van der Waals surface area contributed by atoms with E-state index in [1.807, 2.05) is 17.2 Å². The van der Waals surface area contributed by atoms with Crippen molar-refractivity contribution in [3.05, 3.63) is 51.5 Å². The van der Waals surface area contributed by atoms with Gasteiger partial charge in [0.1, 0.15) is 5.69 Å². The van der Waals surface area contributed by atoms with E-state index in [0.717, 1.165) is 24.4 Å². The average molecular weight is 286 g/mol. The third-order valence-corrected chi connectivity index (χ3v) is 4.59. The van der Waals surface area contributed by atoms with Gasteiger partial charge < -0.3 is 4.90 Å². The molecule has 1 unspecified atom stereocenters. The Kier molecular flexibility index (Phi) is 3.57. The minimum absolute atomic E-state index is 0.0671. The van der Waals surface area contributed by atoms with Crippen LogP contribution in [0.4, 0.5) is 0 Å². The Morgan fingerprint density at radius 2 is 2.05 bits per heavy atom. The molecule has 0 bridgehead atoms. The van der Waals surface area contributed by atoms with Crippen molar-refractivity contribution in [1.29, 1.82) is 0 Å². The number of amides is 1. The first-order valence-corrected chi connectivity index (χ1v) is 7.83. The number of carbonyl (C=O) groups excluding carboxylic acids is 1. The Morgan fingerprint density at radius 3 is 2.70 bits per heavy atom. The summed E-state index contributed by atoms with van der Waals surface area (Å²) in [5.41, 5.74) is 3.07. The Labute approximate surface area is 123 Å². The lowest BCUT2D eigenvalue weighted by Crippen LogP contribution is -2.30. The largest absolute Gasteiger partial charge is 0.330 e. The Bertz CT molecular complexity index is 618. The van der Waals surface area contributed by atoms with Crippen molar-refractivity contribution in [3.8, 4) is 0 Å². The fourth-order valence-corrected chi connectivity index (χ4v) is 3.34. The normalized spacial score (nSPS) is 18.5. The quantitative estimate of drug-likeness (QED) is 0.842. The van der Waals surface area contributed by atoms with Crippen molar-refractivity contribution >= 4 is 17.2 Å². The number of rotatable bonds is 2. The van der Waals surface area contributed by atoms with E-state index >= 15 is 0 Å². The van der Waals surface area contributed by atoms with Gasteiger partial charge in [-0.3, -0.25) is 4.79 Å². The number of nitrogens with zero attached hydrogens (tertiary/aromatic N) is 2. The van der Waals surface area contributed by atoms with Gasteiger partial charge >= 0.3 is 0 Å². The molecule has 1 aromatic heterocycles. The predicted octanol–water partition coefficient (Wildman–Crippen LogP) is 3.74. The molecule has 3 nitrogen and oxygen atoms in total. The summed E-state index contributed by atoms with van der Waals surface area (Å²) in [4.78, 5) is 18.9. The van der Waals surface area contributed by atoms with Crippen LogP contribution in [0.1, 0.15) is 45.5 Å². The third-order valence-electron chi connectivity index (χ3n) is 3.81. The molecule has 104 valence electrons. The molecule has 1 saturated heterocycles. The number of carbonyl (C=O) groups is 1. The minimum Gasteiger partial charge on any atom is -0.330 e. The molecule has 0 aliphatic carbocycles. The van der Waals surface area contributed by atoms with Crippen LogP contribution in [0.15, 0.2) is 29.6 Å². The highest BCUT2D eigenvalue weighted by Crippen LogP contribution is 2.33. The molecule has 1 aliphatic rings. The number of likely N-dealkylation sites (tertiary alicyclic amines) is 1. The van der Waals surface area contributed by atoms with Crippen LogP contribution < -0.4 is 0 Å². The molecule has 0 saturated carbocycles. The molecule has 1 amide bonds. The van der Waals surface area contributed by atoms with E-state index in [9.17, 15) is 4.79 Å². The molecule has 0 N–H and O–H groups in total. The lowest BCUT2D eigenvalue weighted by molar-refractivity contribution is 0.0730. The molecule has 20 heavy (non-hydrogen) atoms. The maximum atomic E-state index is 12.6. The second-order valence-corrected chi connectivity index (χ2v) is 6.38. The van der Waals surface area contributed by atoms with Crippen LogP contribution in [-0.4, -0.2) is 22.3 Å². The summed E-state index contributed by atoms with van der Waals surface area (Å²) in [6.07, 6.45) is 2.10. The molecule has 2 heterocycles. The zero-order chi connectivity index (χ0) is 14.1. The summed E-state index contributed by atoms with van der Waals surface area (Å²) < 4.78 is 0. The van der Waals surface area contributed by atoms with E-state index in [2.05, 4.69) is 36.2 Å². The van der Waals surface area contributed by atoms with Gasteiger partial charge in [-0.25, -0.2) is 4.98 Å². The average Bonchev–Trinajstić information content (AvgIpc) is 3.07. The van der Waals surface area contributed by atoms with Crippen LogP contribution in [0.2, 0.25) is 0 Å². The lowest BCUT2D eigenvalue weighted by atomic mass is 10.0. The first-order valence-electron chi connectivity index (χ1n) is 6.95. The highest BCUT2D eigenvalue weighted by Gasteiger charge is 2.31. The molecule has 1 fully saturated rings. The third kappa shape index (κ3) is 2.48. The van der Waals surface area contributed by atoms with Gasteiger partial charge in [-0.1, -0.05) is 29.8 Å². The first kappa shape index (κ1) is 13.3. The Hall–Kier alpha value is -1.68. The second kappa shape index (κ2) is 5.37. The Morgan fingerprint density at radius 1 is 1.30 bits per heavy atom. The van der Waals surface area contributed by atoms with Gasteiger partial charge in [0.15, 0.2) is 0 Å². The molecule has 0 radical (unpaired) electrons. The van der Waals surface area contributed by atoms with E-state index < -0.39 is 0 Å². The molecule has 4 heteroatoms. The standard InChI is InChI=1S/C16H18N2OS/c1-11-5-7-13(8-6-11)15-4-3-9-18(15)16(19)14-10-20-12(2)17-14/h5-8,10,15H,3-4,9H2,1-2H3. The van der Waals surface area contributed by atoms with E-state index in [0.29, 0.717) is 5.69 Å². The van der Waals surface area contributed by atoms with Crippen molar-refractivity contribution in [1.82, 2.24) is 9.88 Å². The van der Waals surface area contributed by atoms with Crippen LogP contribution in [0.25, 0.3) is 0 Å².